The van der Waals surface area contributed by atoms with Crippen LogP contribution >= 0.6 is 11.6 Å². The lowest BCUT2D eigenvalue weighted by molar-refractivity contribution is 0.390. The van der Waals surface area contributed by atoms with E-state index in [0.29, 0.717) is 12.6 Å². The maximum atomic E-state index is 6.16. The molecule has 0 bridgehead atoms. The van der Waals surface area contributed by atoms with Crippen LogP contribution in [0.25, 0.3) is 0 Å². The van der Waals surface area contributed by atoms with Gasteiger partial charge in [0.1, 0.15) is 0 Å². The summed E-state index contributed by atoms with van der Waals surface area (Å²) in [6.45, 7) is 6.44. The minimum absolute atomic E-state index is 0.594. The van der Waals surface area contributed by atoms with Crippen molar-refractivity contribution in [3.8, 4) is 0 Å². The fraction of sp³-hybridized carbons (Fsp3) is 0.600. The van der Waals surface area contributed by atoms with Crippen molar-refractivity contribution in [3.05, 3.63) is 28.8 Å². The molecule has 3 heteroatoms. The maximum absolute atomic E-state index is 6.16. The molecule has 2 unspecified atom stereocenters. The minimum Gasteiger partial charge on any atom is -0.368 e. The molecule has 0 spiro atoms. The number of benzene rings is 1. The summed E-state index contributed by atoms with van der Waals surface area (Å²) in [7, 11) is 0. The molecule has 0 amide bonds. The highest BCUT2D eigenvalue weighted by atomic mass is 35.5. The van der Waals surface area contributed by atoms with Gasteiger partial charge in [0.2, 0.25) is 0 Å². The molecule has 18 heavy (non-hydrogen) atoms. The molecule has 1 fully saturated rings. The first kappa shape index (κ1) is 13.7. The van der Waals surface area contributed by atoms with Crippen molar-refractivity contribution >= 4 is 17.3 Å². The maximum Gasteiger partial charge on any atom is 0.0426 e. The van der Waals surface area contributed by atoms with Gasteiger partial charge in [0.05, 0.1) is 0 Å². The second kappa shape index (κ2) is 5.94. The van der Waals surface area contributed by atoms with E-state index in [1.54, 1.807) is 0 Å². The summed E-state index contributed by atoms with van der Waals surface area (Å²) < 4.78 is 0. The van der Waals surface area contributed by atoms with E-state index in [2.05, 4.69) is 30.9 Å². The lowest BCUT2D eigenvalue weighted by atomic mass is 9.93. The van der Waals surface area contributed by atoms with Crippen LogP contribution in [0.2, 0.25) is 5.02 Å². The van der Waals surface area contributed by atoms with Crippen molar-refractivity contribution in [3.63, 3.8) is 0 Å². The fourth-order valence-electron chi connectivity index (χ4n) is 2.80. The lowest BCUT2D eigenvalue weighted by Gasteiger charge is -2.39. The summed E-state index contributed by atoms with van der Waals surface area (Å²) in [5.74, 6) is 0.755. The first-order valence-corrected chi connectivity index (χ1v) is 7.24. The Kier molecular flexibility index (Phi) is 4.52. The van der Waals surface area contributed by atoms with E-state index < -0.39 is 0 Å². The standard InChI is InChI=1S/C15H23ClN2/c1-11-3-4-12(2)18(10-11)15-9-14(16)6-5-13(15)7-8-17/h5-6,9,11-12H,3-4,7-8,10,17H2,1-2H3. The van der Waals surface area contributed by atoms with E-state index in [0.717, 1.165) is 23.9 Å². The van der Waals surface area contributed by atoms with E-state index in [-0.39, 0.29) is 0 Å². The van der Waals surface area contributed by atoms with Gasteiger partial charge in [-0.05, 0) is 56.3 Å². The van der Waals surface area contributed by atoms with Crippen LogP contribution in [0.5, 0.6) is 0 Å². The molecular formula is C15H23ClN2. The van der Waals surface area contributed by atoms with Gasteiger partial charge >= 0.3 is 0 Å². The molecule has 2 N–H and O–H groups in total. The van der Waals surface area contributed by atoms with Crippen LogP contribution in [0.1, 0.15) is 32.3 Å². The van der Waals surface area contributed by atoms with Gasteiger partial charge in [-0.2, -0.15) is 0 Å². The Morgan fingerprint density at radius 3 is 2.83 bits per heavy atom. The van der Waals surface area contributed by atoms with Crippen LogP contribution in [0, 0.1) is 5.92 Å². The molecule has 1 aliphatic rings. The first-order chi connectivity index (χ1) is 8.61. The fourth-order valence-corrected chi connectivity index (χ4v) is 2.96. The Morgan fingerprint density at radius 2 is 2.11 bits per heavy atom. The smallest absolute Gasteiger partial charge is 0.0426 e. The van der Waals surface area contributed by atoms with Crippen molar-refractivity contribution in [1.29, 1.82) is 0 Å². The minimum atomic E-state index is 0.594. The highest BCUT2D eigenvalue weighted by Gasteiger charge is 2.24. The Bertz CT molecular complexity index is 405. The molecule has 2 nitrogen and oxygen atoms in total. The SMILES string of the molecule is CC1CCC(C)N(c2cc(Cl)ccc2CCN)C1. The van der Waals surface area contributed by atoms with E-state index in [1.807, 2.05) is 6.07 Å². The molecule has 100 valence electrons. The number of nitrogens with zero attached hydrogens (tertiary/aromatic N) is 1. The van der Waals surface area contributed by atoms with Crippen LogP contribution in [-0.2, 0) is 6.42 Å². The van der Waals surface area contributed by atoms with Gasteiger partial charge in [0, 0.05) is 23.3 Å². The van der Waals surface area contributed by atoms with Crippen molar-refractivity contribution in [1.82, 2.24) is 0 Å². The van der Waals surface area contributed by atoms with Crippen LogP contribution in [0.4, 0.5) is 5.69 Å². The Morgan fingerprint density at radius 1 is 1.33 bits per heavy atom. The normalized spacial score (nSPS) is 24.3. The molecule has 0 aromatic heterocycles. The van der Waals surface area contributed by atoms with Gasteiger partial charge in [-0.1, -0.05) is 24.6 Å². The molecule has 0 aliphatic carbocycles. The Hall–Kier alpha value is -0.730. The second-order valence-corrected chi connectivity index (χ2v) is 5.93. The number of hydrogen-bond donors (Lipinski definition) is 1. The van der Waals surface area contributed by atoms with Crippen molar-refractivity contribution < 1.29 is 0 Å². The number of halogens is 1. The van der Waals surface area contributed by atoms with Crippen LogP contribution in [0.15, 0.2) is 18.2 Å². The van der Waals surface area contributed by atoms with E-state index in [1.165, 1.54) is 24.1 Å². The van der Waals surface area contributed by atoms with Gasteiger partial charge in [0.25, 0.3) is 0 Å². The Balaban J connectivity index is 2.32. The van der Waals surface area contributed by atoms with Crippen LogP contribution < -0.4 is 10.6 Å². The first-order valence-electron chi connectivity index (χ1n) is 6.87. The van der Waals surface area contributed by atoms with E-state index in [9.17, 15) is 0 Å². The third-order valence-corrected chi connectivity index (χ3v) is 4.12. The lowest BCUT2D eigenvalue weighted by Crippen LogP contribution is -2.41. The largest absolute Gasteiger partial charge is 0.368 e. The third-order valence-electron chi connectivity index (χ3n) is 3.89. The number of piperidine rings is 1. The number of rotatable bonds is 3. The van der Waals surface area contributed by atoms with Crippen molar-refractivity contribution in [2.75, 3.05) is 18.0 Å². The van der Waals surface area contributed by atoms with Gasteiger partial charge < -0.3 is 10.6 Å². The van der Waals surface area contributed by atoms with Crippen molar-refractivity contribution in [2.24, 2.45) is 11.7 Å². The molecule has 1 saturated heterocycles. The average molecular weight is 267 g/mol. The summed E-state index contributed by atoms with van der Waals surface area (Å²) in [5.41, 5.74) is 8.31. The molecule has 1 aliphatic heterocycles. The second-order valence-electron chi connectivity index (χ2n) is 5.50. The molecule has 1 heterocycles. The van der Waals surface area contributed by atoms with Gasteiger partial charge in [-0.25, -0.2) is 0 Å². The molecular weight excluding hydrogens is 244 g/mol. The van der Waals surface area contributed by atoms with E-state index >= 15 is 0 Å². The molecule has 0 saturated carbocycles. The van der Waals surface area contributed by atoms with Gasteiger partial charge in [0.15, 0.2) is 0 Å². The topological polar surface area (TPSA) is 29.3 Å². The predicted molar refractivity (Wildman–Crippen MR) is 79.4 cm³/mol. The summed E-state index contributed by atoms with van der Waals surface area (Å²) >= 11 is 6.16. The molecule has 2 atom stereocenters. The van der Waals surface area contributed by atoms with E-state index in [4.69, 9.17) is 17.3 Å². The third kappa shape index (κ3) is 2.99. The zero-order valence-corrected chi connectivity index (χ0v) is 12.1. The van der Waals surface area contributed by atoms with Gasteiger partial charge in [-0.3, -0.25) is 0 Å². The summed E-state index contributed by atoms with van der Waals surface area (Å²) in [5, 5.41) is 0.816. The van der Waals surface area contributed by atoms with Crippen LogP contribution in [0.3, 0.4) is 0 Å². The van der Waals surface area contributed by atoms with Crippen molar-refractivity contribution in [2.45, 2.75) is 39.2 Å². The predicted octanol–water partition coefficient (Wildman–Crippen LogP) is 3.47. The average Bonchev–Trinajstić information content (AvgIpc) is 2.35. The summed E-state index contributed by atoms with van der Waals surface area (Å²) in [6, 6.07) is 6.78. The molecule has 1 aromatic rings. The Labute approximate surface area is 115 Å². The van der Waals surface area contributed by atoms with Gasteiger partial charge in [-0.15, -0.1) is 0 Å². The number of hydrogen-bond acceptors (Lipinski definition) is 2. The molecule has 2 rings (SSSR count). The summed E-state index contributed by atoms with van der Waals surface area (Å²) in [4.78, 5) is 2.50. The molecule has 1 aromatic carbocycles. The highest BCUT2D eigenvalue weighted by Crippen LogP contribution is 2.32. The highest BCUT2D eigenvalue weighted by molar-refractivity contribution is 6.30. The zero-order chi connectivity index (χ0) is 13.1. The quantitative estimate of drug-likeness (QED) is 0.908. The summed E-state index contributed by atoms with van der Waals surface area (Å²) in [6.07, 6.45) is 3.50. The monoisotopic (exact) mass is 266 g/mol. The zero-order valence-electron chi connectivity index (χ0n) is 11.3. The molecule has 0 radical (unpaired) electrons. The number of nitrogens with two attached hydrogens (primary N) is 1. The van der Waals surface area contributed by atoms with Crippen LogP contribution in [-0.4, -0.2) is 19.1 Å². The number of anilines is 1.